The van der Waals surface area contributed by atoms with Gasteiger partial charge in [0.15, 0.2) is 5.17 Å². The van der Waals surface area contributed by atoms with Crippen molar-refractivity contribution < 1.29 is 4.79 Å². The molecule has 0 radical (unpaired) electrons. The first-order chi connectivity index (χ1) is 5.72. The Hall–Kier alpha value is -0.910. The van der Waals surface area contributed by atoms with Gasteiger partial charge in [-0.05, 0) is 12.8 Å². The minimum Gasteiger partial charge on any atom is -0.377 e. The van der Waals surface area contributed by atoms with Crippen LogP contribution in [0.2, 0.25) is 0 Å². The number of nitrogens with two attached hydrogens (primary N) is 2. The number of carbonyl (C=O) groups excluding carboxylic acids is 1. The first-order valence-corrected chi connectivity index (χ1v) is 4.66. The van der Waals surface area contributed by atoms with Crippen LogP contribution in [0.3, 0.4) is 0 Å². The number of hydrogen-bond donors (Lipinski definition) is 3. The molecule has 5 nitrogen and oxygen atoms in total. The average Bonchev–Trinajstić information content (AvgIpc) is 2.84. The Morgan fingerprint density at radius 1 is 1.67 bits per heavy atom. The Labute approximate surface area is 74.9 Å². The zero-order chi connectivity index (χ0) is 8.97. The van der Waals surface area contributed by atoms with Crippen LogP contribution in [0, 0.1) is 0 Å². The van der Waals surface area contributed by atoms with Crippen molar-refractivity contribution in [1.82, 2.24) is 5.32 Å². The summed E-state index contributed by atoms with van der Waals surface area (Å²) in [5.41, 5.74) is 5.28. The van der Waals surface area contributed by atoms with Gasteiger partial charge in [-0.3, -0.25) is 4.79 Å². The van der Waals surface area contributed by atoms with Crippen molar-refractivity contribution in [3.05, 3.63) is 0 Å². The molecule has 0 aliphatic heterocycles. The fraction of sp³-hybridized carbons (Fsp3) is 0.667. The molecule has 0 atom stereocenters. The van der Waals surface area contributed by atoms with E-state index in [1.807, 2.05) is 0 Å². The van der Waals surface area contributed by atoms with Gasteiger partial charge in [0, 0.05) is 6.04 Å². The normalized spacial score (nSPS) is 17.5. The second kappa shape index (κ2) is 4.20. The van der Waals surface area contributed by atoms with E-state index < -0.39 is 0 Å². The summed E-state index contributed by atoms with van der Waals surface area (Å²) in [6.45, 7) is 0. The van der Waals surface area contributed by atoms with Gasteiger partial charge >= 0.3 is 0 Å². The summed E-state index contributed by atoms with van der Waals surface area (Å²) in [6, 6.07) is 0.397. The maximum absolute atomic E-state index is 11.0. The lowest BCUT2D eigenvalue weighted by molar-refractivity contribution is -0.118. The number of thioether (sulfide) groups is 1. The van der Waals surface area contributed by atoms with Crippen molar-refractivity contribution >= 4 is 22.8 Å². The van der Waals surface area contributed by atoms with Crippen LogP contribution >= 0.6 is 11.8 Å². The lowest BCUT2D eigenvalue weighted by Gasteiger charge is -2.01. The van der Waals surface area contributed by atoms with Crippen molar-refractivity contribution in [2.24, 2.45) is 16.7 Å². The molecule has 1 aliphatic carbocycles. The first-order valence-electron chi connectivity index (χ1n) is 3.68. The molecule has 0 aromatic rings. The van der Waals surface area contributed by atoms with Gasteiger partial charge in [0.2, 0.25) is 5.91 Å². The first kappa shape index (κ1) is 9.18. The summed E-state index contributed by atoms with van der Waals surface area (Å²) >= 11 is 1.14. The van der Waals surface area contributed by atoms with Gasteiger partial charge in [-0.25, -0.2) is 0 Å². The number of hydrogen-bond acceptors (Lipinski definition) is 4. The van der Waals surface area contributed by atoms with Crippen LogP contribution < -0.4 is 16.9 Å². The number of rotatable bonds is 3. The van der Waals surface area contributed by atoms with E-state index in [-0.39, 0.29) is 11.1 Å². The van der Waals surface area contributed by atoms with Crippen LogP contribution in [0.15, 0.2) is 5.10 Å². The van der Waals surface area contributed by atoms with Gasteiger partial charge in [0.25, 0.3) is 0 Å². The van der Waals surface area contributed by atoms with Crippen molar-refractivity contribution in [2.75, 3.05) is 5.75 Å². The van der Waals surface area contributed by atoms with E-state index in [2.05, 4.69) is 10.4 Å². The van der Waals surface area contributed by atoms with Crippen LogP contribution in [-0.2, 0) is 4.79 Å². The van der Waals surface area contributed by atoms with Crippen LogP contribution in [-0.4, -0.2) is 22.9 Å². The van der Waals surface area contributed by atoms with E-state index in [9.17, 15) is 4.79 Å². The molecule has 1 fully saturated rings. The number of amidine groups is 1. The second-order valence-corrected chi connectivity index (χ2v) is 3.59. The Balaban J connectivity index is 2.08. The molecule has 1 rings (SSSR count). The lowest BCUT2D eigenvalue weighted by Crippen LogP contribution is -2.28. The number of hydrazone groups is 1. The Kier molecular flexibility index (Phi) is 3.21. The van der Waals surface area contributed by atoms with Gasteiger partial charge in [0.1, 0.15) is 0 Å². The maximum Gasteiger partial charge on any atom is 0.230 e. The van der Waals surface area contributed by atoms with Gasteiger partial charge in [-0.15, -0.1) is 0 Å². The van der Waals surface area contributed by atoms with Gasteiger partial charge in [-0.2, -0.15) is 5.10 Å². The fourth-order valence-electron chi connectivity index (χ4n) is 0.674. The topological polar surface area (TPSA) is 93.5 Å². The molecule has 0 spiro atoms. The zero-order valence-corrected chi connectivity index (χ0v) is 7.43. The van der Waals surface area contributed by atoms with Crippen LogP contribution in [0.25, 0.3) is 0 Å². The zero-order valence-electron chi connectivity index (χ0n) is 6.62. The highest BCUT2D eigenvalue weighted by Gasteiger charge is 2.22. The highest BCUT2D eigenvalue weighted by molar-refractivity contribution is 8.14. The number of nitrogens with one attached hydrogen (secondary N) is 1. The Morgan fingerprint density at radius 2 is 2.33 bits per heavy atom. The van der Waals surface area contributed by atoms with Crippen molar-refractivity contribution in [3.63, 3.8) is 0 Å². The van der Waals surface area contributed by atoms with E-state index in [1.165, 1.54) is 0 Å². The van der Waals surface area contributed by atoms with E-state index in [0.29, 0.717) is 11.8 Å². The molecule has 1 amide bonds. The summed E-state index contributed by atoms with van der Waals surface area (Å²) in [6.07, 6.45) is 2.19. The van der Waals surface area contributed by atoms with Crippen LogP contribution in [0.4, 0.5) is 0 Å². The molecule has 0 saturated heterocycles. The summed E-state index contributed by atoms with van der Waals surface area (Å²) in [5, 5.41) is 6.29. The molecule has 12 heavy (non-hydrogen) atoms. The molecule has 0 bridgehead atoms. The SMILES string of the molecule is NN=C(N)SCC(=O)NC1CC1. The largest absolute Gasteiger partial charge is 0.377 e. The third-order valence-corrected chi connectivity index (χ3v) is 2.23. The average molecular weight is 188 g/mol. The molecule has 0 unspecified atom stereocenters. The molecule has 1 saturated carbocycles. The molecule has 1 aliphatic rings. The Morgan fingerprint density at radius 3 is 2.83 bits per heavy atom. The smallest absolute Gasteiger partial charge is 0.230 e. The summed E-state index contributed by atoms with van der Waals surface area (Å²) in [4.78, 5) is 11.0. The van der Waals surface area contributed by atoms with E-state index in [0.717, 1.165) is 24.6 Å². The molecular formula is C6H12N4OS. The maximum atomic E-state index is 11.0. The van der Waals surface area contributed by atoms with Crippen molar-refractivity contribution in [1.29, 1.82) is 0 Å². The predicted molar refractivity (Wildman–Crippen MR) is 49.4 cm³/mol. The summed E-state index contributed by atoms with van der Waals surface area (Å²) < 4.78 is 0. The monoisotopic (exact) mass is 188 g/mol. The highest BCUT2D eigenvalue weighted by atomic mass is 32.2. The minimum absolute atomic E-state index is 0.00546. The third-order valence-electron chi connectivity index (χ3n) is 1.42. The minimum atomic E-state index is -0.00546. The highest BCUT2D eigenvalue weighted by Crippen LogP contribution is 2.18. The van der Waals surface area contributed by atoms with Gasteiger partial charge in [-0.1, -0.05) is 11.8 Å². The third kappa shape index (κ3) is 3.47. The molecule has 5 N–H and O–H groups in total. The lowest BCUT2D eigenvalue weighted by atomic mass is 10.6. The number of nitrogens with zero attached hydrogens (tertiary/aromatic N) is 1. The molecule has 0 aromatic heterocycles. The molecule has 0 aromatic carbocycles. The van der Waals surface area contributed by atoms with Crippen molar-refractivity contribution in [3.8, 4) is 0 Å². The van der Waals surface area contributed by atoms with Crippen molar-refractivity contribution in [2.45, 2.75) is 18.9 Å². The van der Waals surface area contributed by atoms with E-state index in [4.69, 9.17) is 11.6 Å². The number of carbonyl (C=O) groups is 1. The van der Waals surface area contributed by atoms with Crippen LogP contribution in [0.5, 0.6) is 0 Å². The number of amides is 1. The quantitative estimate of drug-likeness (QED) is 0.233. The molecular weight excluding hydrogens is 176 g/mol. The molecule has 68 valence electrons. The Bertz CT molecular complexity index is 202. The molecule has 6 heteroatoms. The van der Waals surface area contributed by atoms with Gasteiger partial charge < -0.3 is 16.9 Å². The predicted octanol–water partition coefficient (Wildman–Crippen LogP) is -0.813. The van der Waals surface area contributed by atoms with E-state index in [1.54, 1.807) is 0 Å². The van der Waals surface area contributed by atoms with E-state index >= 15 is 0 Å². The van der Waals surface area contributed by atoms with Gasteiger partial charge in [0.05, 0.1) is 5.75 Å². The fourth-order valence-corrected chi connectivity index (χ4v) is 1.11. The summed E-state index contributed by atoms with van der Waals surface area (Å²) in [7, 11) is 0. The molecule has 0 heterocycles. The standard InChI is InChI=1S/C6H12N4OS/c7-6(10-8)12-3-5(11)9-4-1-2-4/h4H,1-3,8H2,(H2,7,10)(H,9,11). The second-order valence-electron chi connectivity index (χ2n) is 2.60. The summed E-state index contributed by atoms with van der Waals surface area (Å²) in [5.74, 6) is 5.17. The van der Waals surface area contributed by atoms with Crippen LogP contribution in [0.1, 0.15) is 12.8 Å².